The van der Waals surface area contributed by atoms with Gasteiger partial charge in [0.2, 0.25) is 0 Å². The molecule has 0 bridgehead atoms. The van der Waals surface area contributed by atoms with Crippen molar-refractivity contribution >= 4 is 29.9 Å². The topological polar surface area (TPSA) is 66.7 Å². The molecule has 1 aromatic heterocycles. The molecule has 172 valence electrons. The summed E-state index contributed by atoms with van der Waals surface area (Å²) in [6.45, 7) is 13.5. The van der Waals surface area contributed by atoms with Crippen LogP contribution in [0, 0.1) is 19.8 Å². The lowest BCUT2D eigenvalue weighted by atomic mass is 10.1. The van der Waals surface area contributed by atoms with Gasteiger partial charge in [0, 0.05) is 52.0 Å². The van der Waals surface area contributed by atoms with Crippen LogP contribution in [0.15, 0.2) is 35.3 Å². The zero-order valence-electron chi connectivity index (χ0n) is 19.2. The maximum atomic E-state index is 5.47. The van der Waals surface area contributed by atoms with Crippen molar-refractivity contribution in [2.45, 2.75) is 40.4 Å². The van der Waals surface area contributed by atoms with Crippen molar-refractivity contribution in [3.8, 4) is 0 Å². The first kappa shape index (κ1) is 25.6. The van der Waals surface area contributed by atoms with Crippen molar-refractivity contribution in [3.05, 3.63) is 52.8 Å². The van der Waals surface area contributed by atoms with E-state index in [2.05, 4.69) is 74.5 Å². The molecule has 2 aromatic rings. The fourth-order valence-corrected chi connectivity index (χ4v) is 3.77. The number of aliphatic imine (C=N–C) groups is 1. The minimum absolute atomic E-state index is 0. The Hall–Kier alpha value is -1.65. The molecule has 0 radical (unpaired) electrons. The number of halogens is 1. The van der Waals surface area contributed by atoms with Gasteiger partial charge in [-0.2, -0.15) is 5.10 Å². The molecule has 1 aromatic carbocycles. The van der Waals surface area contributed by atoms with Gasteiger partial charge < -0.3 is 15.4 Å². The van der Waals surface area contributed by atoms with Gasteiger partial charge >= 0.3 is 0 Å². The van der Waals surface area contributed by atoms with Crippen LogP contribution < -0.4 is 10.6 Å². The maximum absolute atomic E-state index is 5.47. The minimum Gasteiger partial charge on any atom is -0.379 e. The number of guanidine groups is 1. The highest BCUT2D eigenvalue weighted by Crippen LogP contribution is 2.13. The summed E-state index contributed by atoms with van der Waals surface area (Å²) in [7, 11) is 1.82. The number of aryl methyl sites for hydroxylation is 2. The van der Waals surface area contributed by atoms with Crippen LogP contribution in [0.4, 0.5) is 0 Å². The second-order valence-corrected chi connectivity index (χ2v) is 8.18. The normalized spacial score (nSPS) is 15.9. The summed E-state index contributed by atoms with van der Waals surface area (Å²) >= 11 is 0. The Labute approximate surface area is 203 Å². The lowest BCUT2D eigenvalue weighted by Crippen LogP contribution is -2.40. The standard InChI is InChI=1S/C23H36N6O.HI/c1-18(16-29-20(3)13-19(2)27-29)14-25-23(24-4)26-15-21-7-5-6-8-22(21)17-28-9-11-30-12-10-28;/h5-8,13,18H,9-12,14-17H2,1-4H3,(H2,24,25,26);1H. The van der Waals surface area contributed by atoms with Crippen LogP contribution in [0.2, 0.25) is 0 Å². The summed E-state index contributed by atoms with van der Waals surface area (Å²) in [6, 6.07) is 10.8. The molecule has 1 atom stereocenters. The lowest BCUT2D eigenvalue weighted by molar-refractivity contribution is 0.0341. The first-order valence-electron chi connectivity index (χ1n) is 10.9. The summed E-state index contributed by atoms with van der Waals surface area (Å²) in [6.07, 6.45) is 0. The Morgan fingerprint density at radius 3 is 2.52 bits per heavy atom. The van der Waals surface area contributed by atoms with Gasteiger partial charge in [0.1, 0.15) is 0 Å². The highest BCUT2D eigenvalue weighted by molar-refractivity contribution is 14.0. The van der Waals surface area contributed by atoms with Crippen molar-refractivity contribution in [1.82, 2.24) is 25.3 Å². The van der Waals surface area contributed by atoms with Gasteiger partial charge in [0.25, 0.3) is 0 Å². The van der Waals surface area contributed by atoms with Gasteiger partial charge in [0.05, 0.1) is 18.9 Å². The van der Waals surface area contributed by atoms with E-state index in [1.165, 1.54) is 16.8 Å². The Morgan fingerprint density at radius 2 is 1.87 bits per heavy atom. The van der Waals surface area contributed by atoms with Crippen LogP contribution in [0.3, 0.4) is 0 Å². The van der Waals surface area contributed by atoms with Crippen LogP contribution in [0.5, 0.6) is 0 Å². The third kappa shape index (κ3) is 8.08. The zero-order chi connectivity index (χ0) is 21.3. The predicted octanol–water partition coefficient (Wildman–Crippen LogP) is 2.95. The average Bonchev–Trinajstić information content (AvgIpc) is 3.06. The number of benzene rings is 1. The molecule has 1 saturated heterocycles. The van der Waals surface area contributed by atoms with Gasteiger partial charge in [0.15, 0.2) is 5.96 Å². The highest BCUT2D eigenvalue weighted by Gasteiger charge is 2.13. The molecule has 2 heterocycles. The van der Waals surface area contributed by atoms with Crippen molar-refractivity contribution in [1.29, 1.82) is 0 Å². The summed E-state index contributed by atoms with van der Waals surface area (Å²) in [5, 5.41) is 11.5. The summed E-state index contributed by atoms with van der Waals surface area (Å²) in [5.41, 5.74) is 4.95. The highest BCUT2D eigenvalue weighted by atomic mass is 127. The molecule has 1 unspecified atom stereocenters. The zero-order valence-corrected chi connectivity index (χ0v) is 21.6. The lowest BCUT2D eigenvalue weighted by Gasteiger charge is -2.27. The quantitative estimate of drug-likeness (QED) is 0.306. The van der Waals surface area contributed by atoms with E-state index in [0.717, 1.165) is 64.1 Å². The Kier molecular flexibility index (Phi) is 10.8. The first-order chi connectivity index (χ1) is 14.5. The van der Waals surface area contributed by atoms with E-state index in [0.29, 0.717) is 5.92 Å². The van der Waals surface area contributed by atoms with Gasteiger partial charge in [-0.3, -0.25) is 14.6 Å². The van der Waals surface area contributed by atoms with Crippen molar-refractivity contribution in [3.63, 3.8) is 0 Å². The summed E-state index contributed by atoms with van der Waals surface area (Å²) in [5.74, 6) is 1.27. The van der Waals surface area contributed by atoms with Gasteiger partial charge in [-0.05, 0) is 37.0 Å². The third-order valence-electron chi connectivity index (χ3n) is 5.49. The molecule has 0 aliphatic carbocycles. The second kappa shape index (κ2) is 13.0. The molecular formula is C23H37IN6O. The number of nitrogens with zero attached hydrogens (tertiary/aromatic N) is 4. The molecule has 1 aliphatic rings. The minimum atomic E-state index is 0. The van der Waals surface area contributed by atoms with Crippen molar-refractivity contribution in [2.75, 3.05) is 39.9 Å². The van der Waals surface area contributed by atoms with Crippen LogP contribution in [-0.2, 0) is 24.4 Å². The number of ether oxygens (including phenoxy) is 1. The fraction of sp³-hybridized carbons (Fsp3) is 0.565. The molecule has 3 rings (SSSR count). The van der Waals surface area contributed by atoms with Gasteiger partial charge in [-0.1, -0.05) is 31.2 Å². The fourth-order valence-electron chi connectivity index (χ4n) is 3.77. The monoisotopic (exact) mass is 540 g/mol. The molecular weight excluding hydrogens is 503 g/mol. The molecule has 1 aliphatic heterocycles. The van der Waals surface area contributed by atoms with Crippen LogP contribution in [-0.4, -0.2) is 60.5 Å². The van der Waals surface area contributed by atoms with E-state index in [9.17, 15) is 0 Å². The van der Waals surface area contributed by atoms with E-state index in [1.54, 1.807) is 0 Å². The molecule has 7 nitrogen and oxygen atoms in total. The van der Waals surface area contributed by atoms with E-state index in [-0.39, 0.29) is 24.0 Å². The Bertz CT molecular complexity index is 831. The molecule has 31 heavy (non-hydrogen) atoms. The third-order valence-corrected chi connectivity index (χ3v) is 5.49. The smallest absolute Gasteiger partial charge is 0.191 e. The molecule has 2 N–H and O–H groups in total. The Balaban J connectivity index is 0.00000341. The van der Waals surface area contributed by atoms with Crippen LogP contribution in [0.1, 0.15) is 29.4 Å². The average molecular weight is 540 g/mol. The van der Waals surface area contributed by atoms with Crippen LogP contribution in [0.25, 0.3) is 0 Å². The number of morpholine rings is 1. The molecule has 1 fully saturated rings. The molecule has 0 spiro atoms. The molecule has 8 heteroatoms. The van der Waals surface area contributed by atoms with E-state index in [4.69, 9.17) is 4.74 Å². The Morgan fingerprint density at radius 1 is 1.16 bits per heavy atom. The number of nitrogens with one attached hydrogen (secondary N) is 2. The summed E-state index contributed by atoms with van der Waals surface area (Å²) < 4.78 is 7.55. The first-order valence-corrected chi connectivity index (χ1v) is 10.9. The van der Waals surface area contributed by atoms with E-state index < -0.39 is 0 Å². The van der Waals surface area contributed by atoms with E-state index >= 15 is 0 Å². The SMILES string of the molecule is CN=C(NCc1ccccc1CN1CCOCC1)NCC(C)Cn1nc(C)cc1C.I. The van der Waals surface area contributed by atoms with Crippen molar-refractivity contribution < 1.29 is 4.74 Å². The molecule has 0 saturated carbocycles. The number of aromatic nitrogens is 2. The molecule has 0 amide bonds. The predicted molar refractivity (Wildman–Crippen MR) is 137 cm³/mol. The van der Waals surface area contributed by atoms with Gasteiger partial charge in [-0.15, -0.1) is 24.0 Å². The van der Waals surface area contributed by atoms with Crippen LogP contribution >= 0.6 is 24.0 Å². The number of rotatable bonds is 8. The number of hydrogen-bond donors (Lipinski definition) is 2. The van der Waals surface area contributed by atoms with Gasteiger partial charge in [-0.25, -0.2) is 0 Å². The summed E-state index contributed by atoms with van der Waals surface area (Å²) in [4.78, 5) is 6.85. The largest absolute Gasteiger partial charge is 0.379 e. The maximum Gasteiger partial charge on any atom is 0.191 e. The number of hydrogen-bond acceptors (Lipinski definition) is 4. The second-order valence-electron chi connectivity index (χ2n) is 8.18. The van der Waals surface area contributed by atoms with Crippen molar-refractivity contribution in [2.24, 2.45) is 10.9 Å². The van der Waals surface area contributed by atoms with E-state index in [1.807, 2.05) is 14.0 Å².